The van der Waals surface area contributed by atoms with Gasteiger partial charge in [0.25, 0.3) is 0 Å². The predicted octanol–water partition coefficient (Wildman–Crippen LogP) is 4.66. The molecule has 24 heavy (non-hydrogen) atoms. The highest BCUT2D eigenvalue weighted by Crippen LogP contribution is 2.65. The van der Waals surface area contributed by atoms with E-state index < -0.39 is 0 Å². The van der Waals surface area contributed by atoms with Crippen LogP contribution in [0.5, 0.6) is 5.75 Å². The zero-order valence-electron chi connectivity index (χ0n) is 14.8. The molecule has 2 heteroatoms. The minimum Gasteiger partial charge on any atom is -0.508 e. The van der Waals surface area contributed by atoms with E-state index >= 15 is 0 Å². The van der Waals surface area contributed by atoms with Gasteiger partial charge < -0.3 is 9.84 Å². The molecule has 0 aromatic heterocycles. The van der Waals surface area contributed by atoms with Crippen molar-refractivity contribution >= 4 is 0 Å². The van der Waals surface area contributed by atoms with E-state index in [1.165, 1.54) is 30.4 Å². The summed E-state index contributed by atoms with van der Waals surface area (Å²) in [5, 5.41) is 9.80. The van der Waals surface area contributed by atoms with Gasteiger partial charge >= 0.3 is 0 Å². The van der Waals surface area contributed by atoms with Crippen molar-refractivity contribution in [2.75, 3.05) is 6.61 Å². The number of terminal acetylenes is 1. The molecular formula is C22H28O2. The van der Waals surface area contributed by atoms with Gasteiger partial charge in [-0.2, -0.15) is 0 Å². The Morgan fingerprint density at radius 3 is 2.88 bits per heavy atom. The third-order valence-electron chi connectivity index (χ3n) is 7.45. The van der Waals surface area contributed by atoms with Gasteiger partial charge in [0.1, 0.15) is 11.4 Å². The van der Waals surface area contributed by atoms with Crippen LogP contribution in [0.15, 0.2) is 18.2 Å². The van der Waals surface area contributed by atoms with Crippen molar-refractivity contribution in [2.24, 2.45) is 17.3 Å². The first-order valence-corrected chi connectivity index (χ1v) is 9.48. The van der Waals surface area contributed by atoms with Gasteiger partial charge in [0.15, 0.2) is 0 Å². The Bertz CT molecular complexity index is 688. The van der Waals surface area contributed by atoms with Crippen molar-refractivity contribution in [3.63, 3.8) is 0 Å². The van der Waals surface area contributed by atoms with Gasteiger partial charge in [-0.05, 0) is 86.5 Å². The number of aryl methyl sites for hydroxylation is 1. The Kier molecular flexibility index (Phi) is 3.69. The summed E-state index contributed by atoms with van der Waals surface area (Å²) < 4.78 is 6.21. The zero-order valence-corrected chi connectivity index (χ0v) is 14.8. The highest BCUT2D eigenvalue weighted by Gasteiger charge is 2.62. The fourth-order valence-electron chi connectivity index (χ4n) is 6.33. The maximum Gasteiger partial charge on any atom is 0.133 e. The maximum atomic E-state index is 9.80. The number of benzene rings is 1. The van der Waals surface area contributed by atoms with Gasteiger partial charge in [0.05, 0.1) is 0 Å². The van der Waals surface area contributed by atoms with Crippen LogP contribution in [0.25, 0.3) is 0 Å². The molecule has 0 aliphatic heterocycles. The zero-order chi connectivity index (χ0) is 16.9. The van der Waals surface area contributed by atoms with E-state index in [2.05, 4.69) is 25.8 Å². The summed E-state index contributed by atoms with van der Waals surface area (Å²) in [4.78, 5) is 0. The Hall–Kier alpha value is -1.46. The van der Waals surface area contributed by atoms with E-state index in [1.807, 2.05) is 12.1 Å². The molecule has 0 saturated heterocycles. The second-order valence-electron chi connectivity index (χ2n) is 8.20. The van der Waals surface area contributed by atoms with Crippen molar-refractivity contribution in [3.05, 3.63) is 29.3 Å². The van der Waals surface area contributed by atoms with Crippen LogP contribution < -0.4 is 0 Å². The molecule has 128 valence electrons. The lowest BCUT2D eigenvalue weighted by Crippen LogP contribution is -2.51. The highest BCUT2D eigenvalue weighted by molar-refractivity contribution is 5.40. The number of aromatic hydroxyl groups is 1. The molecule has 0 spiro atoms. The Morgan fingerprint density at radius 2 is 2.12 bits per heavy atom. The topological polar surface area (TPSA) is 29.5 Å². The molecular weight excluding hydrogens is 296 g/mol. The fourth-order valence-corrected chi connectivity index (χ4v) is 6.33. The average Bonchev–Trinajstić information content (AvgIpc) is 2.88. The minimum atomic E-state index is -0.368. The summed E-state index contributed by atoms with van der Waals surface area (Å²) in [5.41, 5.74) is 2.56. The summed E-state index contributed by atoms with van der Waals surface area (Å²) in [6.45, 7) is 5.15. The van der Waals surface area contributed by atoms with Gasteiger partial charge in [-0.25, -0.2) is 0 Å². The number of rotatable bonds is 2. The fraction of sp³-hybridized carbons (Fsp3) is 0.636. The molecule has 5 atom stereocenters. The third-order valence-corrected chi connectivity index (χ3v) is 7.45. The standard InChI is InChI=1S/C22H28O2/c1-4-22(24-5-2)13-11-20-19-8-6-15-14-16(23)7-9-17(15)18(19)10-12-21(20,22)3/h1,7,9,14,18-20,23H,5-6,8,10-13H2,2-3H3/t18-,19-,20+,21+,22+/m1/s1. The monoisotopic (exact) mass is 324 g/mol. The minimum absolute atomic E-state index is 0.105. The quantitative estimate of drug-likeness (QED) is 0.802. The second-order valence-corrected chi connectivity index (χ2v) is 8.20. The van der Waals surface area contributed by atoms with Gasteiger partial charge in [0.2, 0.25) is 0 Å². The molecule has 0 amide bonds. The van der Waals surface area contributed by atoms with Crippen LogP contribution in [0.2, 0.25) is 0 Å². The third kappa shape index (κ3) is 2.01. The van der Waals surface area contributed by atoms with Gasteiger partial charge in [-0.15, -0.1) is 6.42 Å². The highest BCUT2D eigenvalue weighted by atomic mass is 16.5. The molecule has 0 heterocycles. The number of phenols is 1. The first-order valence-electron chi connectivity index (χ1n) is 9.48. The molecule has 1 N–H and O–H groups in total. The van der Waals surface area contributed by atoms with E-state index in [0.29, 0.717) is 30.1 Å². The molecule has 4 rings (SSSR count). The molecule has 0 radical (unpaired) electrons. The molecule has 2 fully saturated rings. The number of hydrogen-bond donors (Lipinski definition) is 1. The predicted molar refractivity (Wildman–Crippen MR) is 95.9 cm³/mol. The van der Waals surface area contributed by atoms with Crippen LogP contribution in [-0.4, -0.2) is 17.3 Å². The van der Waals surface area contributed by atoms with E-state index in [4.69, 9.17) is 11.2 Å². The molecule has 1 aromatic carbocycles. The number of phenolic OH excluding ortho intramolecular Hbond substituents is 1. The molecule has 0 bridgehead atoms. The van der Waals surface area contributed by atoms with Crippen LogP contribution in [0.1, 0.15) is 63.0 Å². The van der Waals surface area contributed by atoms with Crippen LogP contribution in [0, 0.1) is 29.6 Å². The van der Waals surface area contributed by atoms with Gasteiger partial charge in [-0.1, -0.05) is 18.9 Å². The van der Waals surface area contributed by atoms with Crippen molar-refractivity contribution < 1.29 is 9.84 Å². The number of ether oxygens (including phenoxy) is 1. The maximum absolute atomic E-state index is 9.80. The molecule has 3 aliphatic rings. The molecule has 0 unspecified atom stereocenters. The van der Waals surface area contributed by atoms with Crippen LogP contribution in [-0.2, 0) is 11.2 Å². The summed E-state index contributed by atoms with van der Waals surface area (Å²) in [6, 6.07) is 5.99. The summed E-state index contributed by atoms with van der Waals surface area (Å²) >= 11 is 0. The Balaban J connectivity index is 1.70. The van der Waals surface area contributed by atoms with Gasteiger partial charge in [-0.3, -0.25) is 0 Å². The lowest BCUT2D eigenvalue weighted by molar-refractivity contribution is -0.105. The smallest absolute Gasteiger partial charge is 0.133 e. The first-order chi connectivity index (χ1) is 11.5. The lowest BCUT2D eigenvalue weighted by Gasteiger charge is -2.53. The second kappa shape index (κ2) is 5.53. The largest absolute Gasteiger partial charge is 0.508 e. The first kappa shape index (κ1) is 16.0. The van der Waals surface area contributed by atoms with Crippen LogP contribution in [0.4, 0.5) is 0 Å². The molecule has 3 aliphatic carbocycles. The van der Waals surface area contributed by atoms with E-state index in [1.54, 1.807) is 0 Å². The van der Waals surface area contributed by atoms with E-state index in [9.17, 15) is 5.11 Å². The van der Waals surface area contributed by atoms with Crippen molar-refractivity contribution in [1.82, 2.24) is 0 Å². The van der Waals surface area contributed by atoms with Crippen molar-refractivity contribution in [2.45, 2.75) is 63.9 Å². The molecule has 2 saturated carbocycles. The Morgan fingerprint density at radius 1 is 1.29 bits per heavy atom. The number of hydrogen-bond acceptors (Lipinski definition) is 2. The summed E-state index contributed by atoms with van der Waals surface area (Å²) in [6.07, 6.45) is 12.8. The molecule has 2 nitrogen and oxygen atoms in total. The van der Waals surface area contributed by atoms with E-state index in [0.717, 1.165) is 19.3 Å². The van der Waals surface area contributed by atoms with Crippen LogP contribution in [0.3, 0.4) is 0 Å². The summed E-state index contributed by atoms with van der Waals surface area (Å²) in [5.74, 6) is 5.47. The Labute approximate surface area is 145 Å². The van der Waals surface area contributed by atoms with Gasteiger partial charge in [0, 0.05) is 12.0 Å². The SMILES string of the molecule is C#C[C@]1(OCC)CC[C@H]2[C@@H]3CCc4cc(O)ccc4[C@H]3CC[C@@]21C. The van der Waals surface area contributed by atoms with Crippen molar-refractivity contribution in [1.29, 1.82) is 0 Å². The average molecular weight is 324 g/mol. The van der Waals surface area contributed by atoms with E-state index in [-0.39, 0.29) is 11.0 Å². The normalized spacial score (nSPS) is 40.3. The van der Waals surface area contributed by atoms with Crippen LogP contribution >= 0.6 is 0 Å². The van der Waals surface area contributed by atoms with Crippen molar-refractivity contribution in [3.8, 4) is 18.1 Å². The number of fused-ring (bicyclic) bond motifs is 5. The lowest BCUT2D eigenvalue weighted by atomic mass is 9.53. The molecule has 1 aromatic rings. The summed E-state index contributed by atoms with van der Waals surface area (Å²) in [7, 11) is 0.